The first-order chi connectivity index (χ1) is 8.29. The third-order valence-corrected chi connectivity index (χ3v) is 3.49. The van der Waals surface area contributed by atoms with Crippen molar-refractivity contribution in [2.24, 2.45) is 5.73 Å². The van der Waals surface area contributed by atoms with Gasteiger partial charge in [-0.3, -0.25) is 4.68 Å². The molecule has 3 nitrogen and oxygen atoms in total. The molecule has 0 fully saturated rings. The van der Waals surface area contributed by atoms with Gasteiger partial charge in [-0.1, -0.05) is 23.7 Å². The first-order valence-corrected chi connectivity index (χ1v) is 6.22. The summed E-state index contributed by atoms with van der Waals surface area (Å²) >= 11 is 5.92. The van der Waals surface area contributed by atoms with Crippen molar-refractivity contribution in [3.8, 4) is 11.1 Å². The maximum absolute atomic E-state index is 5.92. The lowest BCUT2D eigenvalue weighted by molar-refractivity contribution is 0.644. The molecule has 2 N–H and O–H groups in total. The Balaban J connectivity index is 2.15. The van der Waals surface area contributed by atoms with E-state index in [9.17, 15) is 0 Å². The number of hydrogen-bond acceptors (Lipinski definition) is 2. The molecule has 0 bridgehead atoms. The van der Waals surface area contributed by atoms with Crippen molar-refractivity contribution in [2.75, 3.05) is 0 Å². The second-order valence-corrected chi connectivity index (χ2v) is 4.74. The van der Waals surface area contributed by atoms with Gasteiger partial charge in [0.05, 0.1) is 5.69 Å². The Bertz CT molecular complexity index is 543. The quantitative estimate of drug-likeness (QED) is 0.887. The summed E-state index contributed by atoms with van der Waals surface area (Å²) in [6, 6.07) is 7.90. The molecule has 0 spiro atoms. The van der Waals surface area contributed by atoms with Crippen molar-refractivity contribution in [3.05, 3.63) is 40.7 Å². The standard InChI is InChI=1S/C13H14ClN3/c14-10-5-3-9(4-6-10)13-11(8-15)16-17-7-1-2-12(13)17/h3-6H,1-2,7-8,15H2. The normalized spacial score (nSPS) is 14.0. The van der Waals surface area contributed by atoms with Crippen LogP contribution in [0.5, 0.6) is 0 Å². The topological polar surface area (TPSA) is 43.8 Å². The molecule has 0 aliphatic carbocycles. The van der Waals surface area contributed by atoms with Crippen molar-refractivity contribution in [1.29, 1.82) is 0 Å². The van der Waals surface area contributed by atoms with Crippen LogP contribution in [0.1, 0.15) is 17.8 Å². The molecule has 3 rings (SSSR count). The smallest absolute Gasteiger partial charge is 0.0841 e. The number of hydrogen-bond donors (Lipinski definition) is 1. The molecular weight excluding hydrogens is 234 g/mol. The van der Waals surface area contributed by atoms with Gasteiger partial charge in [0.25, 0.3) is 0 Å². The van der Waals surface area contributed by atoms with Crippen LogP contribution >= 0.6 is 11.6 Å². The fraction of sp³-hybridized carbons (Fsp3) is 0.308. The molecule has 17 heavy (non-hydrogen) atoms. The first-order valence-electron chi connectivity index (χ1n) is 5.84. The van der Waals surface area contributed by atoms with Crippen LogP contribution in [0, 0.1) is 0 Å². The molecule has 0 amide bonds. The van der Waals surface area contributed by atoms with Crippen molar-refractivity contribution in [2.45, 2.75) is 25.9 Å². The SMILES string of the molecule is NCc1nn2c(c1-c1ccc(Cl)cc1)CCC2. The molecule has 0 atom stereocenters. The van der Waals surface area contributed by atoms with Crippen LogP contribution in [0.3, 0.4) is 0 Å². The van der Waals surface area contributed by atoms with E-state index in [0.29, 0.717) is 6.54 Å². The lowest BCUT2D eigenvalue weighted by Crippen LogP contribution is -2.01. The molecule has 88 valence electrons. The summed E-state index contributed by atoms with van der Waals surface area (Å²) in [5.74, 6) is 0. The Labute approximate surface area is 105 Å². The number of aromatic nitrogens is 2. The van der Waals surface area contributed by atoms with Gasteiger partial charge in [0.1, 0.15) is 0 Å². The van der Waals surface area contributed by atoms with Crippen molar-refractivity contribution < 1.29 is 0 Å². The van der Waals surface area contributed by atoms with E-state index in [0.717, 1.165) is 29.2 Å². The third-order valence-electron chi connectivity index (χ3n) is 3.24. The minimum atomic E-state index is 0.484. The van der Waals surface area contributed by atoms with Crippen LogP contribution in [0.25, 0.3) is 11.1 Å². The van der Waals surface area contributed by atoms with E-state index in [-0.39, 0.29) is 0 Å². The number of fused-ring (bicyclic) bond motifs is 1. The zero-order valence-electron chi connectivity index (χ0n) is 9.49. The molecule has 1 aromatic heterocycles. The summed E-state index contributed by atoms with van der Waals surface area (Å²) in [5.41, 5.74) is 10.5. The van der Waals surface area contributed by atoms with Gasteiger partial charge in [0.2, 0.25) is 0 Å². The van der Waals surface area contributed by atoms with Gasteiger partial charge in [-0.15, -0.1) is 0 Å². The van der Waals surface area contributed by atoms with E-state index in [2.05, 4.69) is 9.78 Å². The maximum Gasteiger partial charge on any atom is 0.0841 e. The van der Waals surface area contributed by atoms with Gasteiger partial charge >= 0.3 is 0 Å². The third kappa shape index (κ3) is 1.75. The highest BCUT2D eigenvalue weighted by molar-refractivity contribution is 6.30. The van der Waals surface area contributed by atoms with Crippen LogP contribution in [0.2, 0.25) is 5.02 Å². The number of rotatable bonds is 2. The minimum absolute atomic E-state index is 0.484. The lowest BCUT2D eigenvalue weighted by atomic mass is 10.0. The number of nitrogens with two attached hydrogens (primary N) is 1. The van der Waals surface area contributed by atoms with Gasteiger partial charge in [0.15, 0.2) is 0 Å². The van der Waals surface area contributed by atoms with Gasteiger partial charge in [-0.2, -0.15) is 5.10 Å². The zero-order chi connectivity index (χ0) is 11.8. The molecule has 0 saturated heterocycles. The largest absolute Gasteiger partial charge is 0.325 e. The van der Waals surface area contributed by atoms with Crippen molar-refractivity contribution >= 4 is 11.6 Å². The highest BCUT2D eigenvalue weighted by Gasteiger charge is 2.21. The summed E-state index contributed by atoms with van der Waals surface area (Å²) < 4.78 is 2.09. The van der Waals surface area contributed by atoms with Crippen LogP contribution in [0.4, 0.5) is 0 Å². The van der Waals surface area contributed by atoms with E-state index >= 15 is 0 Å². The summed E-state index contributed by atoms with van der Waals surface area (Å²) in [5, 5.41) is 5.32. The van der Waals surface area contributed by atoms with Gasteiger partial charge < -0.3 is 5.73 Å². The molecule has 0 radical (unpaired) electrons. The van der Waals surface area contributed by atoms with E-state index in [1.54, 1.807) is 0 Å². The average molecular weight is 248 g/mol. The lowest BCUT2D eigenvalue weighted by Gasteiger charge is -2.03. The van der Waals surface area contributed by atoms with Crippen LogP contribution in [0.15, 0.2) is 24.3 Å². The zero-order valence-corrected chi connectivity index (χ0v) is 10.2. The summed E-state index contributed by atoms with van der Waals surface area (Å²) in [6.07, 6.45) is 2.26. The molecule has 1 aromatic carbocycles. The average Bonchev–Trinajstić information content (AvgIpc) is 2.89. The van der Waals surface area contributed by atoms with Gasteiger partial charge in [-0.25, -0.2) is 0 Å². The monoisotopic (exact) mass is 247 g/mol. The molecular formula is C13H14ClN3. The van der Waals surface area contributed by atoms with Crippen LogP contribution < -0.4 is 5.73 Å². The van der Waals surface area contributed by atoms with Gasteiger partial charge in [0, 0.05) is 29.4 Å². The number of nitrogens with zero attached hydrogens (tertiary/aromatic N) is 2. The molecule has 1 aliphatic rings. The Hall–Kier alpha value is -1.32. The van der Waals surface area contributed by atoms with Gasteiger partial charge in [-0.05, 0) is 30.5 Å². The Morgan fingerprint density at radius 1 is 1.29 bits per heavy atom. The molecule has 0 unspecified atom stereocenters. The number of benzene rings is 1. The highest BCUT2D eigenvalue weighted by Crippen LogP contribution is 2.32. The predicted molar refractivity (Wildman–Crippen MR) is 68.9 cm³/mol. The van der Waals surface area contributed by atoms with Crippen LogP contribution in [-0.2, 0) is 19.5 Å². The molecule has 1 aliphatic heterocycles. The summed E-state index contributed by atoms with van der Waals surface area (Å²) in [7, 11) is 0. The Morgan fingerprint density at radius 2 is 2.06 bits per heavy atom. The maximum atomic E-state index is 5.92. The second kappa shape index (κ2) is 4.17. The highest BCUT2D eigenvalue weighted by atomic mass is 35.5. The van der Waals surface area contributed by atoms with E-state index in [1.807, 2.05) is 24.3 Å². The fourth-order valence-electron chi connectivity index (χ4n) is 2.48. The number of aryl methyl sites for hydroxylation is 1. The Morgan fingerprint density at radius 3 is 2.76 bits per heavy atom. The van der Waals surface area contributed by atoms with E-state index in [1.165, 1.54) is 17.7 Å². The fourth-order valence-corrected chi connectivity index (χ4v) is 2.61. The minimum Gasteiger partial charge on any atom is -0.325 e. The van der Waals surface area contributed by atoms with E-state index < -0.39 is 0 Å². The number of halogens is 1. The van der Waals surface area contributed by atoms with Crippen molar-refractivity contribution in [1.82, 2.24) is 9.78 Å². The van der Waals surface area contributed by atoms with E-state index in [4.69, 9.17) is 17.3 Å². The second-order valence-electron chi connectivity index (χ2n) is 4.31. The summed E-state index contributed by atoms with van der Waals surface area (Å²) in [6.45, 7) is 1.49. The molecule has 4 heteroatoms. The van der Waals surface area contributed by atoms with Crippen molar-refractivity contribution in [3.63, 3.8) is 0 Å². The van der Waals surface area contributed by atoms with Crippen LogP contribution in [-0.4, -0.2) is 9.78 Å². The predicted octanol–water partition coefficient (Wildman–Crippen LogP) is 2.61. The molecule has 2 aromatic rings. The first kappa shape index (κ1) is 10.8. The molecule has 0 saturated carbocycles. The summed E-state index contributed by atoms with van der Waals surface area (Å²) in [4.78, 5) is 0. The Kier molecular flexibility index (Phi) is 2.65. The molecule has 2 heterocycles.